The van der Waals surface area contributed by atoms with Gasteiger partial charge in [-0.1, -0.05) is 12.1 Å². The Balaban J connectivity index is 2.05. The van der Waals surface area contributed by atoms with Crippen LogP contribution in [0.15, 0.2) is 24.3 Å². The Bertz CT molecular complexity index is 1230. The molecule has 0 atom stereocenters. The van der Waals surface area contributed by atoms with Gasteiger partial charge in [0.2, 0.25) is 11.9 Å². The van der Waals surface area contributed by atoms with E-state index in [1.165, 1.54) is 11.3 Å². The highest BCUT2D eigenvalue weighted by molar-refractivity contribution is 7.21. The number of hydrogen-bond acceptors (Lipinski definition) is 9. The van der Waals surface area contributed by atoms with Gasteiger partial charge in [-0.3, -0.25) is 14.5 Å². The Morgan fingerprint density at radius 3 is 2.51 bits per heavy atom. The summed E-state index contributed by atoms with van der Waals surface area (Å²) in [6, 6.07) is 7.30. The molecule has 0 radical (unpaired) electrons. The van der Waals surface area contributed by atoms with E-state index in [1.54, 1.807) is 22.9 Å². The van der Waals surface area contributed by atoms with Crippen molar-refractivity contribution in [2.75, 3.05) is 56.8 Å². The van der Waals surface area contributed by atoms with Crippen molar-refractivity contribution < 1.29 is 14.7 Å². The number of anilines is 3. The third-order valence-corrected chi connectivity index (χ3v) is 6.08. The summed E-state index contributed by atoms with van der Waals surface area (Å²) in [6.45, 7) is 6.26. The Morgan fingerprint density at radius 1 is 1.17 bits per heavy atom. The molecule has 0 fully saturated rings. The van der Waals surface area contributed by atoms with Crippen molar-refractivity contribution in [2.45, 2.75) is 26.3 Å². The van der Waals surface area contributed by atoms with Gasteiger partial charge in [-0.25, -0.2) is 9.97 Å². The number of thiophene rings is 1. The van der Waals surface area contributed by atoms with Gasteiger partial charge in [0.1, 0.15) is 9.71 Å². The number of carbonyl (C=O) groups excluding carboxylic acids is 2. The van der Waals surface area contributed by atoms with Gasteiger partial charge in [0.25, 0.3) is 5.91 Å². The quantitative estimate of drug-likeness (QED) is 0.371. The Labute approximate surface area is 209 Å². The minimum absolute atomic E-state index is 0.0188. The smallest absolute Gasteiger partial charge is 0.263 e. The number of hydrogen-bond donors (Lipinski definition) is 4. The predicted molar refractivity (Wildman–Crippen MR) is 142 cm³/mol. The van der Waals surface area contributed by atoms with Crippen molar-refractivity contribution in [2.24, 2.45) is 0 Å². The van der Waals surface area contributed by atoms with Gasteiger partial charge in [-0.15, -0.1) is 11.3 Å². The highest BCUT2D eigenvalue weighted by Crippen LogP contribution is 2.40. The zero-order valence-electron chi connectivity index (χ0n) is 21.0. The van der Waals surface area contributed by atoms with E-state index in [9.17, 15) is 9.59 Å². The SMILES string of the molecule is CN(CCO)CC(=O)Nc1cccc(-c2nc(N(C)C)nc3sc(C(=O)NC(C)(C)C)c(N)c23)c1. The summed E-state index contributed by atoms with van der Waals surface area (Å²) < 4.78 is 0. The zero-order chi connectivity index (χ0) is 25.9. The number of amides is 2. The molecular formula is C24H33N7O3S. The van der Waals surface area contributed by atoms with Crippen LogP contribution in [0.2, 0.25) is 0 Å². The van der Waals surface area contributed by atoms with Crippen LogP contribution in [0.1, 0.15) is 30.4 Å². The molecule has 0 aliphatic rings. The lowest BCUT2D eigenvalue weighted by molar-refractivity contribution is -0.117. The van der Waals surface area contributed by atoms with Crippen LogP contribution in [0.25, 0.3) is 21.5 Å². The second-order valence-corrected chi connectivity index (χ2v) is 10.6. The first-order chi connectivity index (χ1) is 16.4. The van der Waals surface area contributed by atoms with Crippen LogP contribution in [0.3, 0.4) is 0 Å². The second kappa shape index (κ2) is 10.5. The molecule has 0 aliphatic heterocycles. The molecule has 2 heterocycles. The second-order valence-electron chi connectivity index (χ2n) is 9.59. The lowest BCUT2D eigenvalue weighted by Crippen LogP contribution is -2.40. The fourth-order valence-electron chi connectivity index (χ4n) is 3.43. The van der Waals surface area contributed by atoms with E-state index in [0.717, 1.165) is 5.56 Å². The van der Waals surface area contributed by atoms with Gasteiger partial charge in [-0.05, 0) is 40.0 Å². The Morgan fingerprint density at radius 2 is 1.89 bits per heavy atom. The number of benzene rings is 1. The number of aromatic nitrogens is 2. The molecule has 2 amide bonds. The van der Waals surface area contributed by atoms with Crippen molar-refractivity contribution >= 4 is 50.7 Å². The molecule has 0 saturated heterocycles. The molecule has 5 N–H and O–H groups in total. The minimum atomic E-state index is -0.416. The first kappa shape index (κ1) is 26.3. The third-order valence-electron chi connectivity index (χ3n) is 4.99. The highest BCUT2D eigenvalue weighted by atomic mass is 32.1. The van der Waals surface area contributed by atoms with Gasteiger partial charge in [0.05, 0.1) is 29.9 Å². The third kappa shape index (κ3) is 6.44. The maximum atomic E-state index is 12.9. The zero-order valence-corrected chi connectivity index (χ0v) is 21.8. The average molecular weight is 500 g/mol. The summed E-state index contributed by atoms with van der Waals surface area (Å²) in [5.74, 6) is 0.0241. The summed E-state index contributed by atoms with van der Waals surface area (Å²) in [7, 11) is 5.45. The van der Waals surface area contributed by atoms with E-state index >= 15 is 0 Å². The van der Waals surface area contributed by atoms with E-state index < -0.39 is 5.54 Å². The molecule has 11 heteroatoms. The van der Waals surface area contributed by atoms with Crippen molar-refractivity contribution in [3.8, 4) is 11.3 Å². The number of fused-ring (bicyclic) bond motifs is 1. The molecule has 0 spiro atoms. The van der Waals surface area contributed by atoms with Crippen LogP contribution in [0, 0.1) is 0 Å². The van der Waals surface area contributed by atoms with Gasteiger partial charge in [0, 0.05) is 37.4 Å². The van der Waals surface area contributed by atoms with Crippen LogP contribution in [-0.4, -0.2) is 78.2 Å². The largest absolute Gasteiger partial charge is 0.397 e. The summed E-state index contributed by atoms with van der Waals surface area (Å²) in [4.78, 5) is 39.2. The highest BCUT2D eigenvalue weighted by Gasteiger charge is 2.25. The van der Waals surface area contributed by atoms with Crippen molar-refractivity contribution in [3.05, 3.63) is 29.1 Å². The molecule has 35 heavy (non-hydrogen) atoms. The topological polar surface area (TPSA) is 137 Å². The molecule has 1 aromatic carbocycles. The number of carbonyl (C=O) groups is 2. The van der Waals surface area contributed by atoms with Crippen molar-refractivity contribution in [3.63, 3.8) is 0 Å². The molecule has 0 aliphatic carbocycles. The molecule has 188 valence electrons. The average Bonchev–Trinajstić information content (AvgIpc) is 3.09. The number of nitrogens with zero attached hydrogens (tertiary/aromatic N) is 4. The summed E-state index contributed by atoms with van der Waals surface area (Å²) in [5, 5.41) is 15.5. The lowest BCUT2D eigenvalue weighted by atomic mass is 10.1. The van der Waals surface area contributed by atoms with Crippen LogP contribution < -0.4 is 21.3 Å². The standard InChI is InChI=1S/C24H33N7O3S/c1-24(2,3)29-21(34)20-18(25)17-19(27-23(30(4)5)28-22(17)35-20)14-8-7-9-15(12-14)26-16(33)13-31(6)10-11-32/h7-9,12,32H,10-11,13,25H2,1-6H3,(H,26,33)(H,29,34). The molecule has 0 bridgehead atoms. The van der Waals surface area contributed by atoms with Gasteiger partial charge < -0.3 is 26.4 Å². The number of likely N-dealkylation sites (N-methyl/N-ethyl adjacent to an activating group) is 1. The monoisotopic (exact) mass is 499 g/mol. The fraction of sp³-hybridized carbons (Fsp3) is 0.417. The molecule has 0 saturated carbocycles. The summed E-state index contributed by atoms with van der Waals surface area (Å²) in [6.07, 6.45) is 0. The molecule has 2 aromatic heterocycles. The molecule has 10 nitrogen and oxygen atoms in total. The maximum Gasteiger partial charge on any atom is 0.263 e. The first-order valence-electron chi connectivity index (χ1n) is 11.2. The van der Waals surface area contributed by atoms with Gasteiger partial charge >= 0.3 is 0 Å². The molecule has 0 unspecified atom stereocenters. The first-order valence-corrected chi connectivity index (χ1v) is 12.0. The number of nitrogens with two attached hydrogens (primary N) is 1. The number of nitrogens with one attached hydrogen (secondary N) is 2. The summed E-state index contributed by atoms with van der Waals surface area (Å²) >= 11 is 1.23. The number of rotatable bonds is 8. The minimum Gasteiger partial charge on any atom is -0.397 e. The fourth-order valence-corrected chi connectivity index (χ4v) is 4.41. The van der Waals surface area contributed by atoms with Gasteiger partial charge in [0.15, 0.2) is 0 Å². The Kier molecular flexibility index (Phi) is 7.93. The summed E-state index contributed by atoms with van der Waals surface area (Å²) in [5.41, 5.74) is 8.31. The van der Waals surface area contributed by atoms with Crippen LogP contribution in [0.5, 0.6) is 0 Å². The van der Waals surface area contributed by atoms with E-state index in [2.05, 4.69) is 15.6 Å². The van der Waals surface area contributed by atoms with E-state index in [4.69, 9.17) is 15.8 Å². The number of aliphatic hydroxyl groups excluding tert-OH is 1. The Hall–Kier alpha value is -3.28. The lowest BCUT2D eigenvalue weighted by Gasteiger charge is -2.20. The predicted octanol–water partition coefficient (Wildman–Crippen LogP) is 2.40. The van der Waals surface area contributed by atoms with Crippen LogP contribution in [0.4, 0.5) is 17.3 Å². The molecule has 3 rings (SSSR count). The molecule has 3 aromatic rings. The maximum absolute atomic E-state index is 12.9. The van der Waals surface area contributed by atoms with E-state index in [0.29, 0.717) is 44.7 Å². The van der Waals surface area contributed by atoms with Crippen molar-refractivity contribution in [1.29, 1.82) is 0 Å². The van der Waals surface area contributed by atoms with E-state index in [1.807, 2.05) is 53.1 Å². The van der Waals surface area contributed by atoms with Crippen LogP contribution >= 0.6 is 11.3 Å². The van der Waals surface area contributed by atoms with E-state index in [-0.39, 0.29) is 25.0 Å². The number of aliphatic hydroxyl groups is 1. The van der Waals surface area contributed by atoms with Crippen LogP contribution in [-0.2, 0) is 4.79 Å². The normalized spacial score (nSPS) is 11.7. The van der Waals surface area contributed by atoms with Crippen molar-refractivity contribution in [1.82, 2.24) is 20.2 Å². The molecular weight excluding hydrogens is 466 g/mol. The number of nitrogen functional groups attached to an aromatic ring is 1. The van der Waals surface area contributed by atoms with Gasteiger partial charge in [-0.2, -0.15) is 0 Å².